The number of aliphatic hydroxyl groups is 1. The second-order valence-corrected chi connectivity index (χ2v) is 3.30. The summed E-state index contributed by atoms with van der Waals surface area (Å²) < 4.78 is 0.835. The van der Waals surface area contributed by atoms with Gasteiger partial charge in [-0.1, -0.05) is 0 Å². The van der Waals surface area contributed by atoms with Crippen LogP contribution in [0.1, 0.15) is 24.2 Å². The van der Waals surface area contributed by atoms with E-state index in [9.17, 15) is 5.11 Å². The number of aryl methyl sites for hydroxylation is 1. The van der Waals surface area contributed by atoms with E-state index in [1.54, 1.807) is 13.1 Å². The van der Waals surface area contributed by atoms with Crippen molar-refractivity contribution in [2.75, 3.05) is 0 Å². The van der Waals surface area contributed by atoms with Gasteiger partial charge in [-0.05, 0) is 47.0 Å². The highest BCUT2D eigenvalue weighted by molar-refractivity contribution is 9.10. The molecule has 2 nitrogen and oxygen atoms in total. The quantitative estimate of drug-likeness (QED) is 0.730. The minimum absolute atomic E-state index is 0.436. The predicted octanol–water partition coefficient (Wildman–Crippen LogP) is 2.21. The summed E-state index contributed by atoms with van der Waals surface area (Å²) in [5.41, 5.74) is 1.90. The molecular formula is C8H10BrNO. The number of halogens is 1. The van der Waals surface area contributed by atoms with E-state index >= 15 is 0 Å². The fraction of sp³-hybridized carbons (Fsp3) is 0.375. The minimum Gasteiger partial charge on any atom is -0.389 e. The summed E-state index contributed by atoms with van der Waals surface area (Å²) in [6, 6.07) is 1.92. The van der Waals surface area contributed by atoms with Gasteiger partial charge < -0.3 is 5.11 Å². The second kappa shape index (κ2) is 3.32. The Hall–Kier alpha value is -0.410. The zero-order valence-corrected chi connectivity index (χ0v) is 8.09. The molecule has 0 aliphatic heterocycles. The largest absolute Gasteiger partial charge is 0.389 e. The van der Waals surface area contributed by atoms with Gasteiger partial charge in [0.2, 0.25) is 0 Å². The van der Waals surface area contributed by atoms with Crippen LogP contribution in [0.2, 0.25) is 0 Å². The van der Waals surface area contributed by atoms with E-state index in [-0.39, 0.29) is 0 Å². The molecule has 0 unspecified atom stereocenters. The first-order valence-corrected chi connectivity index (χ1v) is 4.20. The van der Waals surface area contributed by atoms with Gasteiger partial charge in [0, 0.05) is 6.20 Å². The first-order chi connectivity index (χ1) is 5.11. The average molecular weight is 216 g/mol. The molecule has 1 heterocycles. The van der Waals surface area contributed by atoms with Gasteiger partial charge in [-0.25, -0.2) is 4.98 Å². The Morgan fingerprint density at radius 3 is 2.73 bits per heavy atom. The fourth-order valence-electron chi connectivity index (χ4n) is 0.808. The Balaban J connectivity index is 3.05. The SMILES string of the molecule is Cc1cc([C@H](C)O)cnc1Br. The van der Waals surface area contributed by atoms with Gasteiger partial charge in [-0.2, -0.15) is 0 Å². The molecule has 0 bridgehead atoms. The van der Waals surface area contributed by atoms with E-state index in [0.717, 1.165) is 15.7 Å². The number of pyridine rings is 1. The Kier molecular flexibility index (Phi) is 2.62. The van der Waals surface area contributed by atoms with E-state index in [0.29, 0.717) is 0 Å². The fourth-order valence-corrected chi connectivity index (χ4v) is 1.03. The van der Waals surface area contributed by atoms with Crippen molar-refractivity contribution in [1.29, 1.82) is 0 Å². The molecule has 60 valence electrons. The van der Waals surface area contributed by atoms with Crippen molar-refractivity contribution in [2.24, 2.45) is 0 Å². The van der Waals surface area contributed by atoms with E-state index in [4.69, 9.17) is 0 Å². The molecule has 0 fully saturated rings. The van der Waals surface area contributed by atoms with Crippen molar-refractivity contribution in [3.8, 4) is 0 Å². The van der Waals surface area contributed by atoms with Gasteiger partial charge >= 0.3 is 0 Å². The Morgan fingerprint density at radius 2 is 2.27 bits per heavy atom. The summed E-state index contributed by atoms with van der Waals surface area (Å²) in [7, 11) is 0. The second-order valence-electron chi connectivity index (χ2n) is 2.55. The molecule has 0 amide bonds. The number of aliphatic hydroxyl groups excluding tert-OH is 1. The molecule has 0 spiro atoms. The number of hydrogen-bond donors (Lipinski definition) is 1. The maximum Gasteiger partial charge on any atom is 0.108 e. The molecule has 0 saturated carbocycles. The zero-order chi connectivity index (χ0) is 8.43. The lowest BCUT2D eigenvalue weighted by Crippen LogP contribution is -1.93. The van der Waals surface area contributed by atoms with E-state index < -0.39 is 6.10 Å². The number of hydrogen-bond acceptors (Lipinski definition) is 2. The maximum absolute atomic E-state index is 9.18. The van der Waals surface area contributed by atoms with Crippen molar-refractivity contribution in [2.45, 2.75) is 20.0 Å². The highest BCUT2D eigenvalue weighted by Gasteiger charge is 2.02. The lowest BCUT2D eigenvalue weighted by molar-refractivity contribution is 0.199. The van der Waals surface area contributed by atoms with Crippen LogP contribution in [0.5, 0.6) is 0 Å². The molecule has 1 N–H and O–H groups in total. The Bertz CT molecular complexity index is 260. The normalized spacial score (nSPS) is 13.1. The van der Waals surface area contributed by atoms with Crippen molar-refractivity contribution in [3.63, 3.8) is 0 Å². The molecule has 0 aromatic carbocycles. The molecule has 1 atom stereocenters. The van der Waals surface area contributed by atoms with Gasteiger partial charge in [0.05, 0.1) is 6.10 Å². The van der Waals surface area contributed by atoms with Gasteiger partial charge in [0.25, 0.3) is 0 Å². The summed E-state index contributed by atoms with van der Waals surface area (Å²) in [5.74, 6) is 0. The van der Waals surface area contributed by atoms with Crippen LogP contribution in [0.15, 0.2) is 16.9 Å². The van der Waals surface area contributed by atoms with Gasteiger partial charge in [0.1, 0.15) is 4.60 Å². The molecule has 0 aliphatic carbocycles. The van der Waals surface area contributed by atoms with Crippen LogP contribution in [0, 0.1) is 6.92 Å². The van der Waals surface area contributed by atoms with Crippen LogP contribution in [0.3, 0.4) is 0 Å². The standard InChI is InChI=1S/C8H10BrNO/c1-5-3-7(6(2)11)4-10-8(5)9/h3-4,6,11H,1-2H3/t6-/m0/s1. The Morgan fingerprint density at radius 1 is 1.64 bits per heavy atom. The molecule has 1 aromatic rings. The molecule has 0 aliphatic rings. The van der Waals surface area contributed by atoms with Crippen LogP contribution in [0.4, 0.5) is 0 Å². The summed E-state index contributed by atoms with van der Waals surface area (Å²) in [5, 5.41) is 9.18. The van der Waals surface area contributed by atoms with Crippen molar-refractivity contribution < 1.29 is 5.11 Å². The molecule has 1 rings (SSSR count). The lowest BCUT2D eigenvalue weighted by atomic mass is 10.1. The van der Waals surface area contributed by atoms with Gasteiger partial charge in [-0.3, -0.25) is 0 Å². The molecular weight excluding hydrogens is 206 g/mol. The highest BCUT2D eigenvalue weighted by atomic mass is 79.9. The van der Waals surface area contributed by atoms with E-state index in [2.05, 4.69) is 20.9 Å². The predicted molar refractivity (Wildman–Crippen MR) is 47.3 cm³/mol. The summed E-state index contributed by atoms with van der Waals surface area (Å²) in [6.45, 7) is 3.67. The monoisotopic (exact) mass is 215 g/mol. The third-order valence-corrected chi connectivity index (χ3v) is 2.35. The van der Waals surface area contributed by atoms with E-state index in [1.807, 2.05) is 13.0 Å². The smallest absolute Gasteiger partial charge is 0.108 e. The highest BCUT2D eigenvalue weighted by Crippen LogP contribution is 2.17. The van der Waals surface area contributed by atoms with Crippen LogP contribution >= 0.6 is 15.9 Å². The van der Waals surface area contributed by atoms with Crippen molar-refractivity contribution >= 4 is 15.9 Å². The first kappa shape index (κ1) is 8.68. The topological polar surface area (TPSA) is 33.1 Å². The summed E-state index contributed by atoms with van der Waals surface area (Å²) in [4.78, 5) is 4.06. The summed E-state index contributed by atoms with van der Waals surface area (Å²) in [6.07, 6.45) is 1.23. The zero-order valence-electron chi connectivity index (χ0n) is 6.50. The lowest BCUT2D eigenvalue weighted by Gasteiger charge is -2.05. The van der Waals surface area contributed by atoms with Crippen LogP contribution in [-0.4, -0.2) is 10.1 Å². The average Bonchev–Trinajstić information content (AvgIpc) is 1.94. The summed E-state index contributed by atoms with van der Waals surface area (Å²) >= 11 is 3.29. The van der Waals surface area contributed by atoms with Crippen LogP contribution in [-0.2, 0) is 0 Å². The number of rotatable bonds is 1. The first-order valence-electron chi connectivity index (χ1n) is 3.41. The van der Waals surface area contributed by atoms with E-state index in [1.165, 1.54) is 0 Å². The van der Waals surface area contributed by atoms with Crippen LogP contribution < -0.4 is 0 Å². The van der Waals surface area contributed by atoms with Crippen molar-refractivity contribution in [1.82, 2.24) is 4.98 Å². The molecule has 1 aromatic heterocycles. The number of nitrogens with zero attached hydrogens (tertiary/aromatic N) is 1. The van der Waals surface area contributed by atoms with Gasteiger partial charge in [0.15, 0.2) is 0 Å². The maximum atomic E-state index is 9.18. The molecule has 0 radical (unpaired) electrons. The number of aromatic nitrogens is 1. The molecule has 11 heavy (non-hydrogen) atoms. The third-order valence-electron chi connectivity index (χ3n) is 1.52. The third kappa shape index (κ3) is 2.01. The molecule has 0 saturated heterocycles. The van der Waals surface area contributed by atoms with Crippen molar-refractivity contribution in [3.05, 3.63) is 28.0 Å². The van der Waals surface area contributed by atoms with Gasteiger partial charge in [-0.15, -0.1) is 0 Å². The van der Waals surface area contributed by atoms with Crippen LogP contribution in [0.25, 0.3) is 0 Å². The minimum atomic E-state index is -0.436. The Labute approximate surface area is 74.4 Å². The molecule has 3 heteroatoms.